The largest absolute Gasteiger partial charge is 0.506 e. The van der Waals surface area contributed by atoms with E-state index in [1.165, 1.54) is 0 Å². The number of phenols is 1. The molecule has 1 aromatic rings. The molecule has 88 valence electrons. The van der Waals surface area contributed by atoms with Gasteiger partial charge in [0.05, 0.1) is 5.69 Å². The zero-order valence-electron chi connectivity index (χ0n) is 10.1. The van der Waals surface area contributed by atoms with Crippen molar-refractivity contribution in [3.05, 3.63) is 23.8 Å². The van der Waals surface area contributed by atoms with E-state index < -0.39 is 0 Å². The predicted octanol–water partition coefficient (Wildman–Crippen LogP) is 3.08. The van der Waals surface area contributed by atoms with Gasteiger partial charge in [-0.1, -0.05) is 26.0 Å². The van der Waals surface area contributed by atoms with Gasteiger partial charge in [-0.2, -0.15) is 0 Å². The summed E-state index contributed by atoms with van der Waals surface area (Å²) in [6.45, 7) is 5.85. The van der Waals surface area contributed by atoms with Crippen molar-refractivity contribution in [3.8, 4) is 5.75 Å². The molecular formula is C13H19NO2. The van der Waals surface area contributed by atoms with Crippen LogP contribution in [0.25, 0.3) is 0 Å². The van der Waals surface area contributed by atoms with Gasteiger partial charge < -0.3 is 10.4 Å². The molecule has 0 aliphatic heterocycles. The maximum Gasteiger partial charge on any atom is 0.227 e. The normalized spacial score (nSPS) is 10.5. The van der Waals surface area contributed by atoms with Crippen LogP contribution in [0.5, 0.6) is 5.75 Å². The minimum Gasteiger partial charge on any atom is -0.506 e. The van der Waals surface area contributed by atoms with Gasteiger partial charge in [0.2, 0.25) is 5.91 Å². The van der Waals surface area contributed by atoms with E-state index in [1.54, 1.807) is 12.1 Å². The van der Waals surface area contributed by atoms with E-state index in [0.29, 0.717) is 5.69 Å². The van der Waals surface area contributed by atoms with Crippen molar-refractivity contribution < 1.29 is 9.90 Å². The van der Waals surface area contributed by atoms with E-state index in [-0.39, 0.29) is 17.6 Å². The molecule has 0 heterocycles. The molecule has 0 radical (unpaired) electrons. The second kappa shape index (κ2) is 5.54. The Labute approximate surface area is 96.5 Å². The van der Waals surface area contributed by atoms with Crippen molar-refractivity contribution in [2.45, 2.75) is 33.6 Å². The van der Waals surface area contributed by atoms with Crippen molar-refractivity contribution in [2.24, 2.45) is 5.92 Å². The molecule has 3 nitrogen and oxygen atoms in total. The van der Waals surface area contributed by atoms with Crippen molar-refractivity contribution in [1.29, 1.82) is 0 Å². The Bertz CT molecular complexity index is 350. The Balaban J connectivity index is 2.84. The summed E-state index contributed by atoms with van der Waals surface area (Å²) in [5.41, 5.74) is 1.40. The number of carbonyl (C=O) groups is 1. The molecule has 1 amide bonds. The molecule has 0 fully saturated rings. The predicted molar refractivity (Wildman–Crippen MR) is 65.5 cm³/mol. The van der Waals surface area contributed by atoms with E-state index >= 15 is 0 Å². The fourth-order valence-electron chi connectivity index (χ4n) is 1.70. The minimum absolute atomic E-state index is 0.0130. The smallest absolute Gasteiger partial charge is 0.227 e. The molecule has 0 unspecified atom stereocenters. The summed E-state index contributed by atoms with van der Waals surface area (Å²) in [6, 6.07) is 5.20. The number of hydrogen-bond acceptors (Lipinski definition) is 2. The highest BCUT2D eigenvalue weighted by atomic mass is 16.3. The number of benzene rings is 1. The van der Waals surface area contributed by atoms with E-state index in [4.69, 9.17) is 0 Å². The number of rotatable bonds is 4. The van der Waals surface area contributed by atoms with Crippen molar-refractivity contribution >= 4 is 11.6 Å². The molecular weight excluding hydrogens is 202 g/mol. The lowest BCUT2D eigenvalue weighted by molar-refractivity contribution is -0.120. The molecule has 0 aliphatic rings. The molecule has 0 saturated heterocycles. The van der Waals surface area contributed by atoms with Crippen LogP contribution in [0.15, 0.2) is 18.2 Å². The summed E-state index contributed by atoms with van der Waals surface area (Å²) in [5, 5.41) is 12.4. The second-order valence-corrected chi connectivity index (χ2v) is 3.97. The van der Waals surface area contributed by atoms with Crippen LogP contribution in [-0.2, 0) is 4.79 Å². The summed E-state index contributed by atoms with van der Waals surface area (Å²) in [4.78, 5) is 11.9. The SMILES string of the molecule is CCC(CC)C(=O)Nc1c(C)cccc1O. The van der Waals surface area contributed by atoms with Crippen molar-refractivity contribution in [3.63, 3.8) is 0 Å². The first-order valence-electron chi connectivity index (χ1n) is 5.69. The molecule has 3 heteroatoms. The van der Waals surface area contributed by atoms with Crippen LogP contribution in [0.3, 0.4) is 0 Å². The Morgan fingerprint density at radius 1 is 1.38 bits per heavy atom. The van der Waals surface area contributed by atoms with Gasteiger partial charge in [-0.05, 0) is 31.4 Å². The standard InChI is InChI=1S/C13H19NO2/c1-4-10(5-2)13(16)14-12-9(3)7-6-8-11(12)15/h6-8,10,15H,4-5H2,1-3H3,(H,14,16). The maximum atomic E-state index is 11.9. The first-order chi connectivity index (χ1) is 7.60. The number of aromatic hydroxyl groups is 1. The maximum absolute atomic E-state index is 11.9. The zero-order valence-corrected chi connectivity index (χ0v) is 10.1. The van der Waals surface area contributed by atoms with Crippen LogP contribution in [0.2, 0.25) is 0 Å². The van der Waals surface area contributed by atoms with E-state index in [0.717, 1.165) is 18.4 Å². The molecule has 16 heavy (non-hydrogen) atoms. The lowest BCUT2D eigenvalue weighted by Crippen LogP contribution is -2.22. The van der Waals surface area contributed by atoms with Gasteiger partial charge in [-0.15, -0.1) is 0 Å². The zero-order chi connectivity index (χ0) is 12.1. The highest BCUT2D eigenvalue weighted by molar-refractivity contribution is 5.94. The second-order valence-electron chi connectivity index (χ2n) is 3.97. The monoisotopic (exact) mass is 221 g/mol. The van der Waals surface area contributed by atoms with Gasteiger partial charge >= 0.3 is 0 Å². The van der Waals surface area contributed by atoms with Crippen LogP contribution in [0.4, 0.5) is 5.69 Å². The first-order valence-corrected chi connectivity index (χ1v) is 5.69. The van der Waals surface area contributed by atoms with Gasteiger partial charge in [-0.3, -0.25) is 4.79 Å². The highest BCUT2D eigenvalue weighted by Crippen LogP contribution is 2.27. The number of anilines is 1. The fourth-order valence-corrected chi connectivity index (χ4v) is 1.70. The Morgan fingerprint density at radius 2 is 2.00 bits per heavy atom. The number of para-hydroxylation sites is 1. The average molecular weight is 221 g/mol. The van der Waals surface area contributed by atoms with Crippen LogP contribution >= 0.6 is 0 Å². The number of aryl methyl sites for hydroxylation is 1. The van der Waals surface area contributed by atoms with Crippen molar-refractivity contribution in [2.75, 3.05) is 5.32 Å². The lowest BCUT2D eigenvalue weighted by atomic mass is 10.0. The third-order valence-electron chi connectivity index (χ3n) is 2.86. The molecule has 0 atom stereocenters. The Morgan fingerprint density at radius 3 is 2.50 bits per heavy atom. The third kappa shape index (κ3) is 2.75. The third-order valence-corrected chi connectivity index (χ3v) is 2.86. The van der Waals surface area contributed by atoms with Crippen LogP contribution in [0.1, 0.15) is 32.3 Å². The van der Waals surface area contributed by atoms with Crippen molar-refractivity contribution in [1.82, 2.24) is 0 Å². The molecule has 0 saturated carbocycles. The van der Waals surface area contributed by atoms with Gasteiger partial charge in [0, 0.05) is 5.92 Å². The van der Waals surface area contributed by atoms with Crippen LogP contribution < -0.4 is 5.32 Å². The van der Waals surface area contributed by atoms with Crippen LogP contribution in [0, 0.1) is 12.8 Å². The molecule has 1 aromatic carbocycles. The Hall–Kier alpha value is -1.51. The summed E-state index contributed by atoms with van der Waals surface area (Å²) in [6.07, 6.45) is 1.63. The van der Waals surface area contributed by atoms with Gasteiger partial charge in [0.15, 0.2) is 0 Å². The molecule has 0 bridgehead atoms. The molecule has 0 spiro atoms. The molecule has 1 rings (SSSR count). The molecule has 0 aliphatic carbocycles. The number of phenolic OH excluding ortho intramolecular Hbond substituents is 1. The van der Waals surface area contributed by atoms with E-state index in [9.17, 15) is 9.90 Å². The minimum atomic E-state index is -0.0189. The summed E-state index contributed by atoms with van der Waals surface area (Å²) in [5.74, 6) is 0.118. The summed E-state index contributed by atoms with van der Waals surface area (Å²) in [7, 11) is 0. The summed E-state index contributed by atoms with van der Waals surface area (Å²) >= 11 is 0. The van der Waals surface area contributed by atoms with E-state index in [1.807, 2.05) is 26.8 Å². The number of carbonyl (C=O) groups excluding carboxylic acids is 1. The number of nitrogens with one attached hydrogen (secondary N) is 1. The number of amides is 1. The van der Waals surface area contributed by atoms with Gasteiger partial charge in [0.1, 0.15) is 5.75 Å². The van der Waals surface area contributed by atoms with Gasteiger partial charge in [0.25, 0.3) is 0 Å². The van der Waals surface area contributed by atoms with Gasteiger partial charge in [-0.25, -0.2) is 0 Å². The highest BCUT2D eigenvalue weighted by Gasteiger charge is 2.16. The molecule has 0 aromatic heterocycles. The number of hydrogen-bond donors (Lipinski definition) is 2. The Kier molecular flexibility index (Phi) is 4.35. The van der Waals surface area contributed by atoms with Crippen LogP contribution in [-0.4, -0.2) is 11.0 Å². The summed E-state index contributed by atoms with van der Waals surface area (Å²) < 4.78 is 0. The lowest BCUT2D eigenvalue weighted by Gasteiger charge is -2.15. The first kappa shape index (κ1) is 12.6. The average Bonchev–Trinajstić information content (AvgIpc) is 2.25. The quantitative estimate of drug-likeness (QED) is 0.768. The van der Waals surface area contributed by atoms with E-state index in [2.05, 4.69) is 5.32 Å². The molecule has 2 N–H and O–H groups in total. The topological polar surface area (TPSA) is 49.3 Å². The fraction of sp³-hybridized carbons (Fsp3) is 0.462.